The number of oxime groups is 1. The van der Waals surface area contributed by atoms with Gasteiger partial charge in [0, 0.05) is 0 Å². The molecule has 1 aromatic carbocycles. The van der Waals surface area contributed by atoms with E-state index >= 15 is 0 Å². The summed E-state index contributed by atoms with van der Waals surface area (Å²) in [6.07, 6.45) is 1.74. The van der Waals surface area contributed by atoms with Crippen molar-refractivity contribution in [2.45, 2.75) is 13.8 Å². The summed E-state index contributed by atoms with van der Waals surface area (Å²) in [6, 6.07) is 5.62. The maximum absolute atomic E-state index is 11.4. The number of hydrogen-bond donors (Lipinski definition) is 0. The standard InChI is InChI=1S/C13H12BrNO3/c1-3-17-12-5-4-9(7-11(12)14)6-10-8(2)15-18-13(10)16/h4-7H,3H2,1-2H3. The Morgan fingerprint density at radius 3 is 2.83 bits per heavy atom. The molecule has 0 bridgehead atoms. The first-order valence-electron chi connectivity index (χ1n) is 5.52. The number of ether oxygens (including phenoxy) is 1. The Bertz CT molecular complexity index is 549. The SMILES string of the molecule is CCOc1ccc(C=C2C(=O)ON=C2C)cc1Br. The van der Waals surface area contributed by atoms with E-state index < -0.39 is 5.97 Å². The van der Waals surface area contributed by atoms with Crippen LogP contribution in [0, 0.1) is 0 Å². The summed E-state index contributed by atoms with van der Waals surface area (Å²) in [4.78, 5) is 16.0. The number of nitrogens with zero attached hydrogens (tertiary/aromatic N) is 1. The van der Waals surface area contributed by atoms with Crippen molar-refractivity contribution in [3.05, 3.63) is 33.8 Å². The van der Waals surface area contributed by atoms with Gasteiger partial charge in [-0.15, -0.1) is 0 Å². The second kappa shape index (κ2) is 5.35. The van der Waals surface area contributed by atoms with Crippen molar-refractivity contribution in [2.75, 3.05) is 6.61 Å². The fourth-order valence-corrected chi connectivity index (χ4v) is 2.08. The summed E-state index contributed by atoms with van der Waals surface area (Å²) in [5.41, 5.74) is 1.95. The average Bonchev–Trinajstić information content (AvgIpc) is 2.65. The van der Waals surface area contributed by atoms with Crippen LogP contribution in [0.1, 0.15) is 19.4 Å². The lowest BCUT2D eigenvalue weighted by Crippen LogP contribution is -2.01. The van der Waals surface area contributed by atoms with Gasteiger partial charge < -0.3 is 9.57 Å². The highest BCUT2D eigenvalue weighted by Gasteiger charge is 2.21. The van der Waals surface area contributed by atoms with Crippen molar-refractivity contribution >= 4 is 33.7 Å². The van der Waals surface area contributed by atoms with E-state index in [1.54, 1.807) is 13.0 Å². The van der Waals surface area contributed by atoms with Crippen molar-refractivity contribution in [3.8, 4) is 5.75 Å². The molecule has 1 aliphatic heterocycles. The molecule has 1 aromatic rings. The van der Waals surface area contributed by atoms with E-state index in [4.69, 9.17) is 4.74 Å². The molecule has 94 valence electrons. The van der Waals surface area contributed by atoms with Crippen molar-refractivity contribution in [1.82, 2.24) is 0 Å². The van der Waals surface area contributed by atoms with Crippen molar-refractivity contribution in [1.29, 1.82) is 0 Å². The molecule has 18 heavy (non-hydrogen) atoms. The summed E-state index contributed by atoms with van der Waals surface area (Å²) in [6.45, 7) is 4.27. The number of halogens is 1. The van der Waals surface area contributed by atoms with Crippen molar-refractivity contribution in [2.24, 2.45) is 5.16 Å². The second-order valence-corrected chi connectivity index (χ2v) is 4.59. The molecule has 0 amide bonds. The molecular formula is C13H12BrNO3. The van der Waals surface area contributed by atoms with E-state index in [2.05, 4.69) is 25.9 Å². The van der Waals surface area contributed by atoms with Crippen LogP contribution in [0.4, 0.5) is 0 Å². The molecule has 5 heteroatoms. The Morgan fingerprint density at radius 2 is 2.28 bits per heavy atom. The van der Waals surface area contributed by atoms with E-state index in [-0.39, 0.29) is 0 Å². The first kappa shape index (κ1) is 12.8. The van der Waals surface area contributed by atoms with Crippen molar-refractivity contribution in [3.63, 3.8) is 0 Å². The molecule has 0 aliphatic carbocycles. The van der Waals surface area contributed by atoms with Gasteiger partial charge in [-0.05, 0) is 53.5 Å². The molecule has 0 unspecified atom stereocenters. The van der Waals surface area contributed by atoms with Gasteiger partial charge in [-0.25, -0.2) is 4.79 Å². The molecule has 2 rings (SSSR count). The molecule has 0 aromatic heterocycles. The molecule has 1 heterocycles. The lowest BCUT2D eigenvalue weighted by atomic mass is 10.1. The highest BCUT2D eigenvalue weighted by atomic mass is 79.9. The number of benzene rings is 1. The smallest absolute Gasteiger partial charge is 0.367 e. The van der Waals surface area contributed by atoms with E-state index in [1.807, 2.05) is 25.1 Å². The van der Waals surface area contributed by atoms with Gasteiger partial charge in [0.05, 0.1) is 22.4 Å². The van der Waals surface area contributed by atoms with Crippen LogP contribution in [0.25, 0.3) is 6.08 Å². The van der Waals surface area contributed by atoms with E-state index in [0.717, 1.165) is 15.8 Å². The highest BCUT2D eigenvalue weighted by molar-refractivity contribution is 9.10. The zero-order valence-electron chi connectivity index (χ0n) is 10.1. The van der Waals surface area contributed by atoms with Crippen LogP contribution < -0.4 is 4.74 Å². The molecule has 4 nitrogen and oxygen atoms in total. The summed E-state index contributed by atoms with van der Waals surface area (Å²) in [5.74, 6) is 0.358. The van der Waals surface area contributed by atoms with Gasteiger partial charge in [0.15, 0.2) is 0 Å². The Morgan fingerprint density at radius 1 is 1.50 bits per heavy atom. The van der Waals surface area contributed by atoms with Crippen LogP contribution in [-0.2, 0) is 9.63 Å². The van der Waals surface area contributed by atoms with Crippen LogP contribution >= 0.6 is 15.9 Å². The third-order valence-electron chi connectivity index (χ3n) is 2.44. The maximum atomic E-state index is 11.4. The maximum Gasteiger partial charge on any atom is 0.367 e. The Labute approximate surface area is 113 Å². The molecule has 0 atom stereocenters. The third-order valence-corrected chi connectivity index (χ3v) is 3.06. The van der Waals surface area contributed by atoms with Gasteiger partial charge in [-0.1, -0.05) is 11.2 Å². The molecule has 0 saturated heterocycles. The van der Waals surface area contributed by atoms with E-state index in [9.17, 15) is 4.79 Å². The topological polar surface area (TPSA) is 47.9 Å². The first-order valence-corrected chi connectivity index (χ1v) is 6.31. The summed E-state index contributed by atoms with van der Waals surface area (Å²) in [5, 5.41) is 3.63. The lowest BCUT2D eigenvalue weighted by Gasteiger charge is -2.06. The summed E-state index contributed by atoms with van der Waals surface area (Å²) >= 11 is 3.43. The minimum atomic E-state index is -0.419. The van der Waals surface area contributed by atoms with Gasteiger partial charge in [0.2, 0.25) is 0 Å². The second-order valence-electron chi connectivity index (χ2n) is 3.74. The van der Waals surface area contributed by atoms with Crippen LogP contribution in [0.15, 0.2) is 33.4 Å². The number of carbonyl (C=O) groups is 1. The van der Waals surface area contributed by atoms with Crippen LogP contribution in [0.3, 0.4) is 0 Å². The molecule has 1 aliphatic rings. The predicted molar refractivity (Wildman–Crippen MR) is 72.5 cm³/mol. The molecule has 0 spiro atoms. The zero-order chi connectivity index (χ0) is 13.1. The van der Waals surface area contributed by atoms with Crippen LogP contribution in [0.2, 0.25) is 0 Å². The van der Waals surface area contributed by atoms with Crippen molar-refractivity contribution < 1.29 is 14.4 Å². The number of carbonyl (C=O) groups excluding carboxylic acids is 1. The zero-order valence-corrected chi connectivity index (χ0v) is 11.7. The molecule has 0 N–H and O–H groups in total. The van der Waals surface area contributed by atoms with Crippen LogP contribution in [-0.4, -0.2) is 18.3 Å². The Balaban J connectivity index is 2.30. The highest BCUT2D eigenvalue weighted by Crippen LogP contribution is 2.27. The van der Waals surface area contributed by atoms with Gasteiger partial charge in [-0.3, -0.25) is 0 Å². The quantitative estimate of drug-likeness (QED) is 0.636. The normalized spacial score (nSPS) is 16.7. The van der Waals surface area contributed by atoms with Gasteiger partial charge in [0.25, 0.3) is 0 Å². The molecule has 0 saturated carbocycles. The Kier molecular flexibility index (Phi) is 3.81. The summed E-state index contributed by atoms with van der Waals surface area (Å²) < 4.78 is 6.27. The molecule has 0 fully saturated rings. The van der Waals surface area contributed by atoms with Gasteiger partial charge >= 0.3 is 5.97 Å². The fourth-order valence-electron chi connectivity index (χ4n) is 1.57. The van der Waals surface area contributed by atoms with Gasteiger partial charge in [-0.2, -0.15) is 0 Å². The number of rotatable bonds is 3. The minimum Gasteiger partial charge on any atom is -0.493 e. The largest absolute Gasteiger partial charge is 0.493 e. The first-order chi connectivity index (χ1) is 8.61. The monoisotopic (exact) mass is 309 g/mol. The van der Waals surface area contributed by atoms with Crippen LogP contribution in [0.5, 0.6) is 5.75 Å². The Hall–Kier alpha value is -1.62. The third kappa shape index (κ3) is 2.61. The molecular weight excluding hydrogens is 298 g/mol. The van der Waals surface area contributed by atoms with E-state index in [0.29, 0.717) is 17.9 Å². The van der Waals surface area contributed by atoms with E-state index in [1.165, 1.54) is 0 Å². The minimum absolute atomic E-state index is 0.419. The molecule has 0 radical (unpaired) electrons. The number of hydrogen-bond acceptors (Lipinski definition) is 4. The summed E-state index contributed by atoms with van der Waals surface area (Å²) in [7, 11) is 0. The lowest BCUT2D eigenvalue weighted by molar-refractivity contribution is -0.136. The van der Waals surface area contributed by atoms with Gasteiger partial charge in [0.1, 0.15) is 5.75 Å². The fraction of sp³-hybridized carbons (Fsp3) is 0.231. The average molecular weight is 310 g/mol. The predicted octanol–water partition coefficient (Wildman–Crippen LogP) is 3.16.